The van der Waals surface area contributed by atoms with E-state index < -0.39 is 0 Å². The Morgan fingerprint density at radius 2 is 2.19 bits per heavy atom. The second-order valence-electron chi connectivity index (χ2n) is 3.21. The number of hydrogen-bond donors (Lipinski definition) is 1. The molecule has 0 spiro atoms. The van der Waals surface area contributed by atoms with Gasteiger partial charge in [0.05, 0.1) is 6.54 Å². The van der Waals surface area contributed by atoms with E-state index in [1.807, 2.05) is 18.2 Å². The van der Waals surface area contributed by atoms with Crippen LogP contribution >= 0.6 is 31.9 Å². The van der Waals surface area contributed by atoms with Gasteiger partial charge in [0.15, 0.2) is 5.82 Å². The zero-order valence-electron chi connectivity index (χ0n) is 8.50. The molecule has 0 atom stereocenters. The molecule has 1 aromatic heterocycles. The van der Waals surface area contributed by atoms with Crippen LogP contribution in [0.1, 0.15) is 11.7 Å². The Morgan fingerprint density at radius 3 is 2.81 bits per heavy atom. The largest absolute Gasteiger partial charge is 0.377 e. The van der Waals surface area contributed by atoms with Crippen LogP contribution in [-0.4, -0.2) is 10.1 Å². The third-order valence-corrected chi connectivity index (χ3v) is 3.09. The van der Waals surface area contributed by atoms with E-state index in [4.69, 9.17) is 4.52 Å². The minimum Gasteiger partial charge on any atom is -0.377 e. The summed E-state index contributed by atoms with van der Waals surface area (Å²) in [6.07, 6.45) is 0. The van der Waals surface area contributed by atoms with Gasteiger partial charge in [0.2, 0.25) is 5.89 Å². The number of aromatic nitrogens is 2. The second-order valence-corrected chi connectivity index (χ2v) is 4.98. The minimum atomic E-state index is 0.539. The maximum atomic E-state index is 4.88. The summed E-state index contributed by atoms with van der Waals surface area (Å²) in [6.45, 7) is 2.31. The highest BCUT2D eigenvalue weighted by Crippen LogP contribution is 2.26. The lowest BCUT2D eigenvalue weighted by atomic mass is 10.3. The van der Waals surface area contributed by atoms with Crippen molar-refractivity contribution in [2.24, 2.45) is 0 Å². The highest BCUT2D eigenvalue weighted by Gasteiger charge is 2.04. The van der Waals surface area contributed by atoms with Crippen LogP contribution in [0.5, 0.6) is 0 Å². The third kappa shape index (κ3) is 2.82. The summed E-state index contributed by atoms with van der Waals surface area (Å²) in [5.41, 5.74) is 0.991. The van der Waals surface area contributed by atoms with E-state index in [0.29, 0.717) is 18.3 Å². The van der Waals surface area contributed by atoms with Crippen molar-refractivity contribution < 1.29 is 4.52 Å². The van der Waals surface area contributed by atoms with Crippen molar-refractivity contribution in [3.8, 4) is 0 Å². The fourth-order valence-electron chi connectivity index (χ4n) is 1.22. The standard InChI is InChI=1S/C10H9Br2N3O/c1-6-14-10(15-16-6)5-13-9-3-2-7(11)4-8(9)12/h2-4,13H,5H2,1H3. The first-order valence-electron chi connectivity index (χ1n) is 4.63. The lowest BCUT2D eigenvalue weighted by Gasteiger charge is -2.06. The second kappa shape index (κ2) is 4.97. The molecule has 4 nitrogen and oxygen atoms in total. The van der Waals surface area contributed by atoms with Crippen molar-refractivity contribution in [3.05, 3.63) is 38.9 Å². The van der Waals surface area contributed by atoms with Gasteiger partial charge in [-0.15, -0.1) is 0 Å². The molecule has 6 heteroatoms. The van der Waals surface area contributed by atoms with Crippen molar-refractivity contribution in [1.82, 2.24) is 10.1 Å². The van der Waals surface area contributed by atoms with Crippen LogP contribution in [0.3, 0.4) is 0 Å². The fraction of sp³-hybridized carbons (Fsp3) is 0.200. The Balaban J connectivity index is 2.04. The molecular weight excluding hydrogens is 338 g/mol. The topological polar surface area (TPSA) is 51.0 Å². The molecule has 0 radical (unpaired) electrons. The third-order valence-electron chi connectivity index (χ3n) is 1.94. The lowest BCUT2D eigenvalue weighted by molar-refractivity contribution is 0.388. The van der Waals surface area contributed by atoms with Crippen LogP contribution < -0.4 is 5.32 Å². The van der Waals surface area contributed by atoms with Crippen molar-refractivity contribution in [2.75, 3.05) is 5.32 Å². The van der Waals surface area contributed by atoms with Gasteiger partial charge in [-0.05, 0) is 34.1 Å². The van der Waals surface area contributed by atoms with E-state index >= 15 is 0 Å². The molecule has 2 rings (SSSR count). The molecule has 0 unspecified atom stereocenters. The van der Waals surface area contributed by atoms with Gasteiger partial charge in [-0.1, -0.05) is 21.1 Å². The molecule has 1 N–H and O–H groups in total. The summed E-state index contributed by atoms with van der Waals surface area (Å²) in [6, 6.07) is 5.92. The molecule has 16 heavy (non-hydrogen) atoms. The van der Waals surface area contributed by atoms with E-state index in [2.05, 4.69) is 47.3 Å². The molecule has 0 amide bonds. The Hall–Kier alpha value is -0.880. The summed E-state index contributed by atoms with van der Waals surface area (Å²) < 4.78 is 6.90. The van der Waals surface area contributed by atoms with Gasteiger partial charge in [0.1, 0.15) is 0 Å². The zero-order valence-corrected chi connectivity index (χ0v) is 11.7. The number of hydrogen-bond acceptors (Lipinski definition) is 4. The SMILES string of the molecule is Cc1nc(CNc2ccc(Br)cc2Br)no1. The first kappa shape index (κ1) is 11.6. The molecule has 0 fully saturated rings. The quantitative estimate of drug-likeness (QED) is 0.923. The smallest absolute Gasteiger partial charge is 0.223 e. The number of benzene rings is 1. The van der Waals surface area contributed by atoms with Gasteiger partial charge < -0.3 is 9.84 Å². The summed E-state index contributed by atoms with van der Waals surface area (Å²) in [4.78, 5) is 4.11. The number of nitrogens with zero attached hydrogens (tertiary/aromatic N) is 2. The maximum Gasteiger partial charge on any atom is 0.223 e. The van der Waals surface area contributed by atoms with Crippen LogP contribution in [0.25, 0.3) is 0 Å². The molecule has 0 saturated carbocycles. The van der Waals surface area contributed by atoms with Crippen molar-refractivity contribution >= 4 is 37.5 Å². The first-order valence-corrected chi connectivity index (χ1v) is 6.22. The average Bonchev–Trinajstić information content (AvgIpc) is 2.63. The highest BCUT2D eigenvalue weighted by atomic mass is 79.9. The monoisotopic (exact) mass is 345 g/mol. The van der Waals surface area contributed by atoms with Crippen LogP contribution in [-0.2, 0) is 6.54 Å². The van der Waals surface area contributed by atoms with Gasteiger partial charge in [-0.2, -0.15) is 4.98 Å². The number of rotatable bonds is 3. The van der Waals surface area contributed by atoms with E-state index in [9.17, 15) is 0 Å². The normalized spacial score (nSPS) is 10.4. The molecule has 0 bridgehead atoms. The highest BCUT2D eigenvalue weighted by molar-refractivity contribution is 9.11. The van der Waals surface area contributed by atoms with Gasteiger partial charge in [-0.3, -0.25) is 0 Å². The van der Waals surface area contributed by atoms with Crippen molar-refractivity contribution in [2.45, 2.75) is 13.5 Å². The molecule has 0 aliphatic rings. The predicted octanol–water partition coefficient (Wildman–Crippen LogP) is 3.52. The van der Waals surface area contributed by atoms with Crippen LogP contribution in [0, 0.1) is 6.92 Å². The molecule has 2 aromatic rings. The van der Waals surface area contributed by atoms with Crippen LogP contribution in [0.2, 0.25) is 0 Å². The van der Waals surface area contributed by atoms with Crippen molar-refractivity contribution in [1.29, 1.82) is 0 Å². The molecule has 1 aromatic carbocycles. The molecule has 0 aliphatic carbocycles. The Kier molecular flexibility index (Phi) is 3.60. The van der Waals surface area contributed by atoms with E-state index in [1.165, 1.54) is 0 Å². The van der Waals surface area contributed by atoms with E-state index in [-0.39, 0.29) is 0 Å². The van der Waals surface area contributed by atoms with Gasteiger partial charge in [0.25, 0.3) is 0 Å². The number of halogens is 2. The summed E-state index contributed by atoms with van der Waals surface area (Å²) >= 11 is 6.87. The Morgan fingerprint density at radius 1 is 1.38 bits per heavy atom. The molecular formula is C10H9Br2N3O. The van der Waals surface area contributed by atoms with E-state index in [0.717, 1.165) is 14.6 Å². The lowest BCUT2D eigenvalue weighted by Crippen LogP contribution is -2.01. The maximum absolute atomic E-state index is 4.88. The number of nitrogens with one attached hydrogen (secondary N) is 1. The first-order chi connectivity index (χ1) is 7.65. The molecule has 0 aliphatic heterocycles. The summed E-state index contributed by atoms with van der Waals surface area (Å²) in [5, 5.41) is 7.02. The van der Waals surface area contributed by atoms with Crippen molar-refractivity contribution in [3.63, 3.8) is 0 Å². The van der Waals surface area contributed by atoms with Gasteiger partial charge in [-0.25, -0.2) is 0 Å². The minimum absolute atomic E-state index is 0.539. The average molecular weight is 347 g/mol. The number of aryl methyl sites for hydroxylation is 1. The Bertz CT molecular complexity index is 499. The van der Waals surface area contributed by atoms with Crippen LogP contribution in [0.4, 0.5) is 5.69 Å². The van der Waals surface area contributed by atoms with Gasteiger partial charge >= 0.3 is 0 Å². The fourth-order valence-corrected chi connectivity index (χ4v) is 2.41. The number of anilines is 1. The molecule has 84 valence electrons. The molecule has 0 saturated heterocycles. The predicted molar refractivity (Wildman–Crippen MR) is 68.2 cm³/mol. The Labute approximate surface area is 110 Å². The molecule has 1 heterocycles. The summed E-state index contributed by atoms with van der Waals surface area (Å²) in [7, 11) is 0. The van der Waals surface area contributed by atoms with E-state index in [1.54, 1.807) is 6.92 Å². The summed E-state index contributed by atoms with van der Waals surface area (Å²) in [5.74, 6) is 1.22. The van der Waals surface area contributed by atoms with Crippen LogP contribution in [0.15, 0.2) is 31.7 Å². The van der Waals surface area contributed by atoms with Gasteiger partial charge in [0, 0.05) is 21.6 Å². The zero-order chi connectivity index (χ0) is 11.5.